The number of carbonyl (C=O) groups is 2. The fraction of sp³-hybridized carbons (Fsp3) is 0.833. The zero-order valence-electron chi connectivity index (χ0n) is 13.5. The summed E-state index contributed by atoms with van der Waals surface area (Å²) >= 11 is 0. The summed E-state index contributed by atoms with van der Waals surface area (Å²) in [6.07, 6.45) is -7.04. The van der Waals surface area contributed by atoms with Gasteiger partial charge in [0.25, 0.3) is 0 Å². The van der Waals surface area contributed by atoms with Crippen LogP contribution < -0.4 is 11.5 Å². The lowest BCUT2D eigenvalue weighted by molar-refractivity contribution is -0.286. The van der Waals surface area contributed by atoms with E-state index in [4.69, 9.17) is 47.2 Å². The lowest BCUT2D eigenvalue weighted by Crippen LogP contribution is -2.58. The van der Waals surface area contributed by atoms with Crippen LogP contribution in [0.2, 0.25) is 0 Å². The van der Waals surface area contributed by atoms with Gasteiger partial charge in [-0.05, 0) is 0 Å². The number of ether oxygens (including phenoxy) is 1. The first-order valence-corrected chi connectivity index (χ1v) is 9.71. The molecule has 3 unspecified atom stereocenters. The van der Waals surface area contributed by atoms with Gasteiger partial charge in [-0.25, -0.2) is 0 Å². The van der Waals surface area contributed by atoms with Gasteiger partial charge in [-0.3, -0.25) is 9.59 Å². The van der Waals surface area contributed by atoms with Gasteiger partial charge in [0.15, 0.2) is 6.29 Å². The molecule has 1 heterocycles. The first kappa shape index (κ1) is 25.3. The maximum Gasteiger partial charge on any atom is 0.321 e. The second-order valence-electron chi connectivity index (χ2n) is 5.18. The third kappa shape index (κ3) is 8.81. The molecule has 0 radical (unpaired) electrons. The molecule has 0 bridgehead atoms. The molecule has 0 aromatic rings. The summed E-state index contributed by atoms with van der Waals surface area (Å²) in [5, 5.41) is 61.5. The quantitative estimate of drug-likeness (QED) is 0.134. The van der Waals surface area contributed by atoms with Crippen molar-refractivity contribution in [3.05, 3.63) is 0 Å². The minimum absolute atomic E-state index is 0.229. The number of aliphatic carboxylic acids is 2. The van der Waals surface area contributed by atoms with E-state index in [9.17, 15) is 9.59 Å². The molecule has 1 fully saturated rings. The highest BCUT2D eigenvalue weighted by atomic mass is 33.1. The van der Waals surface area contributed by atoms with Crippen LogP contribution in [0.5, 0.6) is 0 Å². The Balaban J connectivity index is 0.000000485. The second kappa shape index (κ2) is 12.7. The van der Waals surface area contributed by atoms with Crippen molar-refractivity contribution in [3.8, 4) is 0 Å². The summed E-state index contributed by atoms with van der Waals surface area (Å²) < 4.78 is 4.58. The molecular formula is C12H24N2O10S2. The third-order valence-electron chi connectivity index (χ3n) is 3.08. The van der Waals surface area contributed by atoms with Crippen molar-refractivity contribution in [2.45, 2.75) is 42.8 Å². The number of hydrogen-bond acceptors (Lipinski definition) is 12. The number of hydrogen-bond donors (Lipinski definition) is 9. The monoisotopic (exact) mass is 420 g/mol. The number of carboxylic acid groups (broad SMARTS) is 2. The van der Waals surface area contributed by atoms with Gasteiger partial charge in [0.05, 0.1) is 6.61 Å². The SMILES string of the molecule is NC(CSSCC(N)C(=O)O)C(=O)O.OC[C@H]1OC(O)[C@H](O)[C@@H](O)[C@@H]1O. The summed E-state index contributed by atoms with van der Waals surface area (Å²) in [6.45, 7) is -0.526. The molecule has 0 spiro atoms. The Labute approximate surface area is 156 Å². The molecule has 0 amide bonds. The zero-order chi connectivity index (χ0) is 20.4. The number of aliphatic hydroxyl groups is 5. The summed E-state index contributed by atoms with van der Waals surface area (Å²) in [5.41, 5.74) is 10.4. The number of aliphatic hydroxyl groups excluding tert-OH is 5. The van der Waals surface area contributed by atoms with E-state index in [2.05, 4.69) is 4.74 Å². The van der Waals surface area contributed by atoms with E-state index in [1.165, 1.54) is 21.6 Å². The lowest BCUT2D eigenvalue weighted by atomic mass is 10.00. The van der Waals surface area contributed by atoms with E-state index in [-0.39, 0.29) is 11.5 Å². The van der Waals surface area contributed by atoms with Crippen LogP contribution in [0.4, 0.5) is 0 Å². The average Bonchev–Trinajstić information content (AvgIpc) is 2.59. The van der Waals surface area contributed by atoms with Gasteiger partial charge in [-0.15, -0.1) is 0 Å². The van der Waals surface area contributed by atoms with Gasteiger partial charge < -0.3 is 51.9 Å². The van der Waals surface area contributed by atoms with Gasteiger partial charge in [0, 0.05) is 11.5 Å². The molecular weight excluding hydrogens is 396 g/mol. The zero-order valence-corrected chi connectivity index (χ0v) is 15.1. The molecule has 154 valence electrons. The van der Waals surface area contributed by atoms with Crippen LogP contribution >= 0.6 is 21.6 Å². The fourth-order valence-electron chi connectivity index (χ4n) is 1.47. The maximum atomic E-state index is 10.3. The lowest BCUT2D eigenvalue weighted by Gasteiger charge is -2.37. The smallest absolute Gasteiger partial charge is 0.321 e. The van der Waals surface area contributed by atoms with Crippen LogP contribution in [0.3, 0.4) is 0 Å². The van der Waals surface area contributed by atoms with E-state index in [0.29, 0.717) is 0 Å². The largest absolute Gasteiger partial charge is 0.480 e. The standard InChI is InChI=1S/C6H12N2O4S2.C6H12O6/c7-3(5(9)10)1-13-14-2-4(8)6(11)12;7-1-2-3(8)4(9)5(10)6(11)12-2/h3-4H,1-2,7-8H2,(H,9,10)(H,11,12);2-11H,1H2/t;2-,3-,4+,5-,6?/m.1/s1. The third-order valence-corrected chi connectivity index (χ3v) is 5.55. The van der Waals surface area contributed by atoms with Crippen molar-refractivity contribution < 1.29 is 50.1 Å². The van der Waals surface area contributed by atoms with Gasteiger partial charge in [0.1, 0.15) is 36.5 Å². The average molecular weight is 420 g/mol. The molecule has 1 aliphatic rings. The molecule has 11 N–H and O–H groups in total. The Morgan fingerprint density at radius 2 is 1.31 bits per heavy atom. The Kier molecular flexibility index (Phi) is 12.3. The second-order valence-corrected chi connectivity index (χ2v) is 7.73. The predicted octanol–water partition coefficient (Wildman–Crippen LogP) is -4.03. The van der Waals surface area contributed by atoms with Crippen molar-refractivity contribution in [2.75, 3.05) is 18.1 Å². The van der Waals surface area contributed by atoms with Gasteiger partial charge >= 0.3 is 11.9 Å². The Hall–Kier alpha value is -0.680. The molecule has 14 heteroatoms. The van der Waals surface area contributed by atoms with Gasteiger partial charge in [0.2, 0.25) is 0 Å². The van der Waals surface area contributed by atoms with Crippen molar-refractivity contribution >= 4 is 33.5 Å². The maximum absolute atomic E-state index is 10.3. The van der Waals surface area contributed by atoms with Crippen LogP contribution in [0.15, 0.2) is 0 Å². The van der Waals surface area contributed by atoms with Crippen molar-refractivity contribution in [1.29, 1.82) is 0 Å². The van der Waals surface area contributed by atoms with E-state index in [0.717, 1.165) is 0 Å². The molecule has 1 saturated heterocycles. The first-order valence-electron chi connectivity index (χ1n) is 7.22. The van der Waals surface area contributed by atoms with Crippen LogP contribution in [0, 0.1) is 0 Å². The first-order chi connectivity index (χ1) is 12.0. The Morgan fingerprint density at radius 1 is 0.885 bits per heavy atom. The fourth-order valence-corrected chi connectivity index (χ4v) is 3.69. The van der Waals surface area contributed by atoms with Crippen LogP contribution in [-0.4, -0.2) is 109 Å². The van der Waals surface area contributed by atoms with Crippen LogP contribution in [-0.2, 0) is 14.3 Å². The van der Waals surface area contributed by atoms with Gasteiger partial charge in [-0.2, -0.15) is 0 Å². The predicted molar refractivity (Wildman–Crippen MR) is 92.1 cm³/mol. The van der Waals surface area contributed by atoms with Crippen molar-refractivity contribution in [3.63, 3.8) is 0 Å². The summed E-state index contributed by atoms with van der Waals surface area (Å²) in [7, 11) is 2.41. The normalized spacial score (nSPS) is 30.7. The molecule has 7 atom stereocenters. The Bertz CT molecular complexity index is 419. The minimum Gasteiger partial charge on any atom is -0.480 e. The molecule has 26 heavy (non-hydrogen) atoms. The number of nitrogens with two attached hydrogens (primary N) is 2. The molecule has 0 aromatic heterocycles. The van der Waals surface area contributed by atoms with E-state index < -0.39 is 61.3 Å². The minimum atomic E-state index is -1.57. The molecule has 1 rings (SSSR count). The highest BCUT2D eigenvalue weighted by Crippen LogP contribution is 2.22. The van der Waals surface area contributed by atoms with E-state index in [1.807, 2.05) is 0 Å². The van der Waals surface area contributed by atoms with E-state index >= 15 is 0 Å². The van der Waals surface area contributed by atoms with Gasteiger partial charge in [-0.1, -0.05) is 21.6 Å². The van der Waals surface area contributed by atoms with Crippen LogP contribution in [0.1, 0.15) is 0 Å². The number of rotatable bonds is 8. The van der Waals surface area contributed by atoms with Crippen molar-refractivity contribution in [2.24, 2.45) is 11.5 Å². The summed E-state index contributed by atoms with van der Waals surface area (Å²) in [4.78, 5) is 20.5. The Morgan fingerprint density at radius 3 is 1.65 bits per heavy atom. The topological polar surface area (TPSA) is 237 Å². The highest BCUT2D eigenvalue weighted by Gasteiger charge is 2.42. The molecule has 0 aliphatic carbocycles. The molecule has 1 aliphatic heterocycles. The summed E-state index contributed by atoms with van der Waals surface area (Å²) in [6, 6.07) is -1.85. The highest BCUT2D eigenvalue weighted by molar-refractivity contribution is 8.76. The molecule has 0 saturated carbocycles. The van der Waals surface area contributed by atoms with E-state index in [1.54, 1.807) is 0 Å². The summed E-state index contributed by atoms with van der Waals surface area (Å²) in [5.74, 6) is -1.68. The number of carboxylic acids is 2. The van der Waals surface area contributed by atoms with Crippen LogP contribution in [0.25, 0.3) is 0 Å². The molecule has 0 aromatic carbocycles. The van der Waals surface area contributed by atoms with Crippen molar-refractivity contribution in [1.82, 2.24) is 0 Å². The molecule has 12 nitrogen and oxygen atoms in total.